The topological polar surface area (TPSA) is 83.0 Å². The van der Waals surface area contributed by atoms with Crippen molar-refractivity contribution in [3.63, 3.8) is 0 Å². The van der Waals surface area contributed by atoms with Gasteiger partial charge >= 0.3 is 0 Å². The standard InChI is InChI=1S/C12H20ClN5O/c1-2-6-14-11-16-10(13)17-12(18-11)15-9-5-3-4-8(9)7-19/h8-9,19H,2-7H2,1H3,(H2,14,15,16,17,18). The first-order chi connectivity index (χ1) is 9.22. The fourth-order valence-electron chi connectivity index (χ4n) is 2.34. The van der Waals surface area contributed by atoms with Gasteiger partial charge in [-0.15, -0.1) is 0 Å². The summed E-state index contributed by atoms with van der Waals surface area (Å²) in [5.41, 5.74) is 0. The maximum Gasteiger partial charge on any atom is 0.229 e. The lowest BCUT2D eigenvalue weighted by Gasteiger charge is -2.19. The Balaban J connectivity index is 2.04. The van der Waals surface area contributed by atoms with Crippen LogP contribution in [-0.2, 0) is 0 Å². The van der Waals surface area contributed by atoms with Gasteiger partial charge in [0.2, 0.25) is 17.2 Å². The Morgan fingerprint density at radius 1 is 1.26 bits per heavy atom. The Morgan fingerprint density at radius 2 is 2.05 bits per heavy atom. The molecule has 3 N–H and O–H groups in total. The van der Waals surface area contributed by atoms with Crippen molar-refractivity contribution in [1.29, 1.82) is 0 Å². The van der Waals surface area contributed by atoms with Crippen molar-refractivity contribution < 1.29 is 5.11 Å². The predicted octanol–water partition coefficient (Wildman–Crippen LogP) is 1.92. The number of hydrogen-bond acceptors (Lipinski definition) is 6. The van der Waals surface area contributed by atoms with Gasteiger partial charge in [-0.1, -0.05) is 13.3 Å². The van der Waals surface area contributed by atoms with Gasteiger partial charge < -0.3 is 15.7 Å². The molecule has 1 aromatic rings. The number of nitrogens with one attached hydrogen (secondary N) is 2. The summed E-state index contributed by atoms with van der Waals surface area (Å²) in [6, 6.07) is 0.211. The summed E-state index contributed by atoms with van der Waals surface area (Å²) in [6.45, 7) is 3.05. The molecule has 0 amide bonds. The highest BCUT2D eigenvalue weighted by atomic mass is 35.5. The molecule has 1 heterocycles. The van der Waals surface area contributed by atoms with Gasteiger partial charge in [-0.25, -0.2) is 0 Å². The van der Waals surface area contributed by atoms with Crippen molar-refractivity contribution in [2.45, 2.75) is 38.6 Å². The minimum Gasteiger partial charge on any atom is -0.396 e. The maximum atomic E-state index is 9.31. The zero-order valence-corrected chi connectivity index (χ0v) is 11.8. The lowest BCUT2D eigenvalue weighted by atomic mass is 10.1. The van der Waals surface area contributed by atoms with Crippen molar-refractivity contribution in [3.05, 3.63) is 5.28 Å². The highest BCUT2D eigenvalue weighted by molar-refractivity contribution is 6.28. The second-order valence-electron chi connectivity index (χ2n) is 4.80. The average Bonchev–Trinajstić information content (AvgIpc) is 2.83. The zero-order chi connectivity index (χ0) is 13.7. The van der Waals surface area contributed by atoms with Crippen LogP contribution in [0, 0.1) is 5.92 Å². The molecule has 2 unspecified atom stereocenters. The van der Waals surface area contributed by atoms with Crippen LogP contribution < -0.4 is 10.6 Å². The SMILES string of the molecule is CCCNc1nc(Cl)nc(NC2CCCC2CO)n1. The first-order valence-corrected chi connectivity index (χ1v) is 7.13. The number of halogens is 1. The van der Waals surface area contributed by atoms with Crippen molar-refractivity contribution in [1.82, 2.24) is 15.0 Å². The first kappa shape index (κ1) is 14.3. The smallest absolute Gasteiger partial charge is 0.229 e. The number of anilines is 2. The van der Waals surface area contributed by atoms with Crippen LogP contribution in [-0.4, -0.2) is 39.3 Å². The Bertz CT molecular complexity index is 417. The van der Waals surface area contributed by atoms with Gasteiger partial charge in [-0.3, -0.25) is 0 Å². The van der Waals surface area contributed by atoms with Gasteiger partial charge in [-0.05, 0) is 30.9 Å². The van der Waals surface area contributed by atoms with Crippen LogP contribution in [0.2, 0.25) is 5.28 Å². The summed E-state index contributed by atoms with van der Waals surface area (Å²) >= 11 is 5.89. The average molecular weight is 286 g/mol. The van der Waals surface area contributed by atoms with Crippen molar-refractivity contribution in [2.24, 2.45) is 5.92 Å². The molecule has 7 heteroatoms. The molecule has 0 aromatic carbocycles. The van der Waals surface area contributed by atoms with Crippen molar-refractivity contribution in [2.75, 3.05) is 23.8 Å². The summed E-state index contributed by atoms with van der Waals surface area (Å²) in [7, 11) is 0. The summed E-state index contributed by atoms with van der Waals surface area (Å²) < 4.78 is 0. The van der Waals surface area contributed by atoms with Crippen LogP contribution in [0.5, 0.6) is 0 Å². The van der Waals surface area contributed by atoms with Gasteiger partial charge in [0.1, 0.15) is 0 Å². The van der Waals surface area contributed by atoms with E-state index in [1.807, 2.05) is 0 Å². The monoisotopic (exact) mass is 285 g/mol. The van der Waals surface area contributed by atoms with Gasteiger partial charge in [0.05, 0.1) is 0 Å². The molecule has 6 nitrogen and oxygen atoms in total. The number of aliphatic hydroxyl groups excluding tert-OH is 1. The number of rotatable bonds is 6. The highest BCUT2D eigenvalue weighted by Crippen LogP contribution is 2.27. The number of aliphatic hydroxyl groups is 1. The van der Waals surface area contributed by atoms with E-state index in [2.05, 4.69) is 32.5 Å². The Labute approximate surface area is 118 Å². The third-order valence-electron chi connectivity index (χ3n) is 3.35. The van der Waals surface area contributed by atoms with E-state index in [0.29, 0.717) is 11.9 Å². The minimum atomic E-state index is 0.176. The van der Waals surface area contributed by atoms with Crippen LogP contribution in [0.25, 0.3) is 0 Å². The number of nitrogens with zero attached hydrogens (tertiary/aromatic N) is 3. The second-order valence-corrected chi connectivity index (χ2v) is 5.14. The van der Waals surface area contributed by atoms with Crippen LogP contribution in [0.1, 0.15) is 32.6 Å². The van der Waals surface area contributed by atoms with Crippen LogP contribution >= 0.6 is 11.6 Å². The van der Waals surface area contributed by atoms with Crippen LogP contribution in [0.4, 0.5) is 11.9 Å². The van der Waals surface area contributed by atoms with E-state index in [1.165, 1.54) is 0 Å². The number of hydrogen-bond donors (Lipinski definition) is 3. The second kappa shape index (κ2) is 6.86. The number of aromatic nitrogens is 3. The molecular formula is C12H20ClN5O. The third kappa shape index (κ3) is 3.91. The summed E-state index contributed by atoms with van der Waals surface area (Å²) in [4.78, 5) is 12.4. The maximum absolute atomic E-state index is 9.31. The summed E-state index contributed by atoms with van der Waals surface area (Å²) in [6.07, 6.45) is 4.16. The Kier molecular flexibility index (Phi) is 5.15. The van der Waals surface area contributed by atoms with Gasteiger partial charge in [-0.2, -0.15) is 15.0 Å². The molecule has 0 radical (unpaired) electrons. The van der Waals surface area contributed by atoms with Crippen molar-refractivity contribution >= 4 is 23.5 Å². The molecule has 0 bridgehead atoms. The molecule has 2 rings (SSSR count). The van der Waals surface area contributed by atoms with E-state index in [1.54, 1.807) is 0 Å². The summed E-state index contributed by atoms with van der Waals surface area (Å²) in [5.74, 6) is 1.23. The minimum absolute atomic E-state index is 0.176. The molecule has 106 valence electrons. The van der Waals surface area contributed by atoms with E-state index in [-0.39, 0.29) is 23.9 Å². The van der Waals surface area contributed by atoms with Gasteiger partial charge in [0, 0.05) is 25.1 Å². The van der Waals surface area contributed by atoms with Crippen molar-refractivity contribution in [3.8, 4) is 0 Å². The third-order valence-corrected chi connectivity index (χ3v) is 3.52. The first-order valence-electron chi connectivity index (χ1n) is 6.75. The van der Waals surface area contributed by atoms with Crippen LogP contribution in [0.3, 0.4) is 0 Å². The molecular weight excluding hydrogens is 266 g/mol. The lowest BCUT2D eigenvalue weighted by molar-refractivity contribution is 0.222. The lowest BCUT2D eigenvalue weighted by Crippen LogP contribution is -2.27. The van der Waals surface area contributed by atoms with E-state index in [0.717, 1.165) is 32.2 Å². The van der Waals surface area contributed by atoms with E-state index in [4.69, 9.17) is 11.6 Å². The van der Waals surface area contributed by atoms with E-state index >= 15 is 0 Å². The molecule has 1 aromatic heterocycles. The molecule has 1 aliphatic carbocycles. The zero-order valence-electron chi connectivity index (χ0n) is 11.1. The normalized spacial score (nSPS) is 22.5. The molecule has 19 heavy (non-hydrogen) atoms. The molecule has 2 atom stereocenters. The Hall–Kier alpha value is -1.14. The molecule has 0 saturated heterocycles. The molecule has 1 fully saturated rings. The fraction of sp³-hybridized carbons (Fsp3) is 0.750. The molecule has 1 aliphatic rings. The van der Waals surface area contributed by atoms with Gasteiger partial charge in [0.15, 0.2) is 0 Å². The highest BCUT2D eigenvalue weighted by Gasteiger charge is 2.27. The molecule has 1 saturated carbocycles. The van der Waals surface area contributed by atoms with E-state index < -0.39 is 0 Å². The Morgan fingerprint density at radius 3 is 2.79 bits per heavy atom. The fourth-order valence-corrected chi connectivity index (χ4v) is 2.50. The quantitative estimate of drug-likeness (QED) is 0.741. The van der Waals surface area contributed by atoms with Gasteiger partial charge in [0.25, 0.3) is 0 Å². The van der Waals surface area contributed by atoms with E-state index in [9.17, 15) is 5.11 Å². The largest absolute Gasteiger partial charge is 0.396 e. The summed E-state index contributed by atoms with van der Waals surface area (Å²) in [5, 5.41) is 15.8. The molecule has 0 aliphatic heterocycles. The molecule has 0 spiro atoms. The van der Waals surface area contributed by atoms with Crippen LogP contribution in [0.15, 0.2) is 0 Å². The predicted molar refractivity (Wildman–Crippen MR) is 75.5 cm³/mol.